The molecule has 3 aromatic carbocycles. The zero-order chi connectivity index (χ0) is 26.8. The Labute approximate surface area is 231 Å². The average molecular weight is 566 g/mol. The van der Waals surface area contributed by atoms with Gasteiger partial charge in [0, 0.05) is 16.3 Å². The van der Waals surface area contributed by atoms with Gasteiger partial charge in [0.05, 0.1) is 11.6 Å². The Balaban J connectivity index is 1.53. The second kappa shape index (κ2) is 11.1. The molecule has 0 spiro atoms. The van der Waals surface area contributed by atoms with Crippen LogP contribution in [-0.2, 0) is 21.8 Å². The summed E-state index contributed by atoms with van der Waals surface area (Å²) in [6, 6.07) is 19.1. The van der Waals surface area contributed by atoms with Gasteiger partial charge in [-0.1, -0.05) is 78.0 Å². The van der Waals surface area contributed by atoms with Crippen LogP contribution in [-0.4, -0.2) is 27.0 Å². The number of anilines is 1. The number of aliphatic hydroxyl groups excluding tert-OH is 1. The Morgan fingerprint density at radius 1 is 1.00 bits per heavy atom. The van der Waals surface area contributed by atoms with Gasteiger partial charge >= 0.3 is 5.91 Å². The summed E-state index contributed by atoms with van der Waals surface area (Å²) in [6.07, 6.45) is 0.820. The number of aromatic nitrogens is 2. The quantitative estimate of drug-likeness (QED) is 0.0871. The van der Waals surface area contributed by atoms with E-state index in [-0.39, 0.29) is 22.0 Å². The Morgan fingerprint density at radius 3 is 2.32 bits per heavy atom. The van der Waals surface area contributed by atoms with Crippen LogP contribution < -0.4 is 4.90 Å². The van der Waals surface area contributed by atoms with E-state index >= 15 is 0 Å². The average Bonchev–Trinajstić information content (AvgIpc) is 3.50. The fourth-order valence-electron chi connectivity index (χ4n) is 4.13. The smallest absolute Gasteiger partial charge is 0.301 e. The van der Waals surface area contributed by atoms with Gasteiger partial charge in [0.25, 0.3) is 5.78 Å². The topological polar surface area (TPSA) is 83.4 Å². The predicted molar refractivity (Wildman–Crippen MR) is 148 cm³/mol. The molecule has 5 rings (SSSR count). The minimum atomic E-state index is -0.923. The standard InChI is InChI=1S/C28H21ClFN3O3S2/c1-2-16-3-7-18(8-4-16)23-22(24(34)19-9-13-21(30)14-10-19)25(35)26(36)33(23)27-31-32-28(38-27)37-15-17-5-11-20(29)12-6-17/h3-14,23,34H,2,15H2,1H3/b24-22-. The van der Waals surface area contributed by atoms with Crippen molar-refractivity contribution in [2.24, 2.45) is 0 Å². The Hall–Kier alpha value is -3.53. The number of hydrogen-bond donors (Lipinski definition) is 1. The van der Waals surface area contributed by atoms with E-state index in [0.717, 1.165) is 17.5 Å². The van der Waals surface area contributed by atoms with Gasteiger partial charge in [-0.25, -0.2) is 4.39 Å². The molecule has 1 amide bonds. The molecule has 1 aliphatic heterocycles. The van der Waals surface area contributed by atoms with Gasteiger partial charge in [-0.05, 0) is 59.5 Å². The molecule has 4 aromatic rings. The van der Waals surface area contributed by atoms with Crippen LogP contribution in [0.4, 0.5) is 9.52 Å². The van der Waals surface area contributed by atoms with Crippen LogP contribution in [0.15, 0.2) is 82.7 Å². The number of carbonyl (C=O) groups is 2. The van der Waals surface area contributed by atoms with Crippen LogP contribution >= 0.6 is 34.7 Å². The van der Waals surface area contributed by atoms with E-state index in [1.54, 1.807) is 0 Å². The molecule has 1 fully saturated rings. The van der Waals surface area contributed by atoms with Gasteiger partial charge in [0.1, 0.15) is 11.6 Å². The molecule has 1 aromatic heterocycles. The molecule has 0 aliphatic carbocycles. The number of thioether (sulfide) groups is 1. The highest BCUT2D eigenvalue weighted by atomic mass is 35.5. The number of carbonyl (C=O) groups excluding carboxylic acids is 2. The summed E-state index contributed by atoms with van der Waals surface area (Å²) in [6.45, 7) is 2.03. The van der Waals surface area contributed by atoms with Crippen molar-refractivity contribution in [3.05, 3.63) is 111 Å². The highest BCUT2D eigenvalue weighted by Gasteiger charge is 2.48. The van der Waals surface area contributed by atoms with E-state index in [0.29, 0.717) is 20.7 Å². The molecule has 0 radical (unpaired) electrons. The molecule has 6 nitrogen and oxygen atoms in total. The molecule has 2 heterocycles. The van der Waals surface area contributed by atoms with E-state index in [1.807, 2.05) is 55.5 Å². The van der Waals surface area contributed by atoms with E-state index in [2.05, 4.69) is 10.2 Å². The first-order valence-corrected chi connectivity index (χ1v) is 13.9. The fourth-order valence-corrected chi connectivity index (χ4v) is 6.08. The second-order valence-electron chi connectivity index (χ2n) is 8.54. The summed E-state index contributed by atoms with van der Waals surface area (Å²) >= 11 is 8.60. The minimum Gasteiger partial charge on any atom is -0.507 e. The summed E-state index contributed by atoms with van der Waals surface area (Å²) in [4.78, 5) is 27.9. The number of halogens is 2. The first kappa shape index (κ1) is 26.1. The lowest BCUT2D eigenvalue weighted by Gasteiger charge is -2.22. The largest absolute Gasteiger partial charge is 0.507 e. The molecular weight excluding hydrogens is 545 g/mol. The molecule has 0 saturated carbocycles. The SMILES string of the molecule is CCc1ccc(C2/C(=C(/O)c3ccc(F)cc3)C(=O)C(=O)N2c2nnc(SCc3ccc(Cl)cc3)s2)cc1. The lowest BCUT2D eigenvalue weighted by atomic mass is 9.94. The number of aliphatic hydroxyl groups is 1. The lowest BCUT2D eigenvalue weighted by Crippen LogP contribution is -2.29. The molecule has 10 heteroatoms. The predicted octanol–water partition coefficient (Wildman–Crippen LogP) is 6.81. The van der Waals surface area contributed by atoms with Crippen LogP contribution in [0.25, 0.3) is 5.76 Å². The van der Waals surface area contributed by atoms with Crippen LogP contribution in [0.2, 0.25) is 5.02 Å². The third-order valence-electron chi connectivity index (χ3n) is 6.14. The zero-order valence-corrected chi connectivity index (χ0v) is 22.5. The van der Waals surface area contributed by atoms with Crippen LogP contribution in [0.3, 0.4) is 0 Å². The molecule has 192 valence electrons. The summed E-state index contributed by atoms with van der Waals surface area (Å²) in [5, 5.41) is 20.5. The van der Waals surface area contributed by atoms with Crippen LogP contribution in [0.1, 0.15) is 35.2 Å². The van der Waals surface area contributed by atoms with Crippen molar-refractivity contribution in [1.29, 1.82) is 0 Å². The molecule has 1 N–H and O–H groups in total. The van der Waals surface area contributed by atoms with E-state index in [1.165, 1.54) is 52.3 Å². The van der Waals surface area contributed by atoms with Crippen molar-refractivity contribution in [3.8, 4) is 0 Å². The van der Waals surface area contributed by atoms with Gasteiger partial charge < -0.3 is 5.11 Å². The maximum absolute atomic E-state index is 13.5. The zero-order valence-electron chi connectivity index (χ0n) is 20.1. The number of hydrogen-bond acceptors (Lipinski definition) is 7. The molecule has 38 heavy (non-hydrogen) atoms. The number of aryl methyl sites for hydroxylation is 1. The number of nitrogens with zero attached hydrogens (tertiary/aromatic N) is 3. The van der Waals surface area contributed by atoms with Gasteiger partial charge in [0.15, 0.2) is 4.34 Å². The van der Waals surface area contributed by atoms with E-state index in [4.69, 9.17) is 11.6 Å². The molecule has 1 atom stereocenters. The van der Waals surface area contributed by atoms with E-state index < -0.39 is 23.5 Å². The van der Waals surface area contributed by atoms with Gasteiger partial charge in [-0.2, -0.15) is 0 Å². The molecule has 1 aliphatic rings. The van der Waals surface area contributed by atoms with Crippen molar-refractivity contribution in [2.75, 3.05) is 4.90 Å². The highest BCUT2D eigenvalue weighted by Crippen LogP contribution is 2.44. The van der Waals surface area contributed by atoms with Crippen molar-refractivity contribution in [2.45, 2.75) is 29.5 Å². The van der Waals surface area contributed by atoms with Gasteiger partial charge in [-0.15, -0.1) is 10.2 Å². The second-order valence-corrected chi connectivity index (χ2v) is 11.2. The summed E-state index contributed by atoms with van der Waals surface area (Å²) in [5.41, 5.74) is 2.91. The molecule has 1 unspecified atom stereocenters. The number of benzene rings is 3. The summed E-state index contributed by atoms with van der Waals surface area (Å²) in [5.74, 6) is -1.90. The first-order valence-electron chi connectivity index (χ1n) is 11.7. The third kappa shape index (κ3) is 5.22. The van der Waals surface area contributed by atoms with Crippen molar-refractivity contribution >= 4 is 57.3 Å². The maximum atomic E-state index is 13.5. The Kier molecular flexibility index (Phi) is 7.60. The summed E-state index contributed by atoms with van der Waals surface area (Å²) < 4.78 is 14.1. The van der Waals surface area contributed by atoms with Crippen LogP contribution in [0.5, 0.6) is 0 Å². The number of rotatable bonds is 7. The van der Waals surface area contributed by atoms with Crippen LogP contribution in [0, 0.1) is 5.82 Å². The molecule has 1 saturated heterocycles. The molecular formula is C28H21ClFN3O3S2. The maximum Gasteiger partial charge on any atom is 0.301 e. The molecule has 0 bridgehead atoms. The highest BCUT2D eigenvalue weighted by molar-refractivity contribution is 8.00. The summed E-state index contributed by atoms with van der Waals surface area (Å²) in [7, 11) is 0. The van der Waals surface area contributed by atoms with Crippen molar-refractivity contribution in [3.63, 3.8) is 0 Å². The monoisotopic (exact) mass is 565 g/mol. The normalized spacial score (nSPS) is 16.8. The van der Waals surface area contributed by atoms with Gasteiger partial charge in [0.2, 0.25) is 5.13 Å². The first-order chi connectivity index (χ1) is 18.4. The minimum absolute atomic E-state index is 0.0866. The Morgan fingerprint density at radius 2 is 1.66 bits per heavy atom. The number of ketones is 1. The third-order valence-corrected chi connectivity index (χ3v) is 8.52. The number of amides is 1. The van der Waals surface area contributed by atoms with E-state index in [9.17, 15) is 19.1 Å². The number of Topliss-reactive ketones (excluding diaryl/α,β-unsaturated/α-hetero) is 1. The van der Waals surface area contributed by atoms with Crippen molar-refractivity contribution in [1.82, 2.24) is 10.2 Å². The lowest BCUT2D eigenvalue weighted by molar-refractivity contribution is -0.132. The Bertz CT molecular complexity index is 1520. The fraction of sp³-hybridized carbons (Fsp3) is 0.143. The van der Waals surface area contributed by atoms with Crippen molar-refractivity contribution < 1.29 is 19.1 Å². The van der Waals surface area contributed by atoms with Gasteiger partial charge in [-0.3, -0.25) is 14.5 Å².